The van der Waals surface area contributed by atoms with Crippen LogP contribution >= 0.6 is 27.7 Å². The Balaban J connectivity index is 2.31. The lowest BCUT2D eigenvalue weighted by molar-refractivity contribution is -0.122. The zero-order valence-corrected chi connectivity index (χ0v) is 17.1. The van der Waals surface area contributed by atoms with E-state index in [1.165, 1.54) is 4.90 Å². The largest absolute Gasteiger partial charge is 0.490 e. The van der Waals surface area contributed by atoms with Crippen molar-refractivity contribution in [3.63, 3.8) is 0 Å². The van der Waals surface area contributed by atoms with Gasteiger partial charge in [-0.3, -0.25) is 14.5 Å². The van der Waals surface area contributed by atoms with Gasteiger partial charge in [0.1, 0.15) is 6.61 Å². The van der Waals surface area contributed by atoms with Crippen LogP contribution in [0.1, 0.15) is 32.3 Å². The SMILES string of the molecule is C#CCOc1c(Br)cc(/C=C2\SC(=O)N(CCCC)C2=O)cc1OCC. The molecule has 7 heteroatoms. The van der Waals surface area contributed by atoms with Crippen LogP contribution in [0.15, 0.2) is 21.5 Å². The Morgan fingerprint density at radius 2 is 2.08 bits per heavy atom. The molecule has 0 aromatic heterocycles. The summed E-state index contributed by atoms with van der Waals surface area (Å²) in [6.07, 6.45) is 8.66. The molecule has 1 aliphatic heterocycles. The minimum atomic E-state index is -0.254. The number of carbonyl (C=O) groups excluding carboxylic acids is 2. The number of hydrogen-bond acceptors (Lipinski definition) is 5. The highest BCUT2D eigenvalue weighted by atomic mass is 79.9. The van der Waals surface area contributed by atoms with E-state index >= 15 is 0 Å². The topological polar surface area (TPSA) is 55.8 Å². The highest BCUT2D eigenvalue weighted by Gasteiger charge is 2.34. The van der Waals surface area contributed by atoms with Crippen molar-refractivity contribution in [2.75, 3.05) is 19.8 Å². The summed E-state index contributed by atoms with van der Waals surface area (Å²) < 4.78 is 11.8. The molecule has 26 heavy (non-hydrogen) atoms. The van der Waals surface area contributed by atoms with Crippen LogP contribution in [0.25, 0.3) is 6.08 Å². The number of hydrogen-bond donors (Lipinski definition) is 0. The Morgan fingerprint density at radius 1 is 1.31 bits per heavy atom. The molecule has 0 aliphatic carbocycles. The number of unbranched alkanes of at least 4 members (excludes halogenated alkanes) is 1. The molecule has 1 heterocycles. The Bertz CT molecular complexity index is 770. The first-order chi connectivity index (χ1) is 12.5. The van der Waals surface area contributed by atoms with Gasteiger partial charge in [-0.15, -0.1) is 6.42 Å². The number of ether oxygens (including phenoxy) is 2. The monoisotopic (exact) mass is 437 g/mol. The number of amides is 2. The molecular weight excluding hydrogens is 418 g/mol. The van der Waals surface area contributed by atoms with Crippen LogP contribution < -0.4 is 9.47 Å². The molecule has 1 saturated heterocycles. The van der Waals surface area contributed by atoms with Crippen molar-refractivity contribution >= 4 is 44.9 Å². The predicted octanol–water partition coefficient (Wildman–Crippen LogP) is 4.70. The second kappa shape index (κ2) is 9.70. The summed E-state index contributed by atoms with van der Waals surface area (Å²) in [6.45, 7) is 4.91. The number of nitrogens with zero attached hydrogens (tertiary/aromatic N) is 1. The number of imide groups is 1. The van der Waals surface area contributed by atoms with Crippen molar-refractivity contribution in [1.29, 1.82) is 0 Å². The van der Waals surface area contributed by atoms with Crippen LogP contribution in [0.4, 0.5) is 4.79 Å². The number of carbonyl (C=O) groups is 2. The van der Waals surface area contributed by atoms with E-state index in [4.69, 9.17) is 15.9 Å². The third-order valence-electron chi connectivity index (χ3n) is 3.54. The van der Waals surface area contributed by atoms with Crippen LogP contribution in [0, 0.1) is 12.3 Å². The molecule has 1 aromatic carbocycles. The summed E-state index contributed by atoms with van der Waals surface area (Å²) in [7, 11) is 0. The number of halogens is 1. The fraction of sp³-hybridized carbons (Fsp3) is 0.368. The molecular formula is C19H20BrNO4S. The van der Waals surface area contributed by atoms with Gasteiger partial charge >= 0.3 is 0 Å². The first kappa shape index (κ1) is 20.4. The first-order valence-corrected chi connectivity index (χ1v) is 9.90. The quantitative estimate of drug-likeness (QED) is 0.435. The molecule has 5 nitrogen and oxygen atoms in total. The van der Waals surface area contributed by atoms with Crippen molar-refractivity contribution in [1.82, 2.24) is 4.90 Å². The van der Waals surface area contributed by atoms with E-state index < -0.39 is 0 Å². The lowest BCUT2D eigenvalue weighted by Gasteiger charge is -2.13. The molecule has 2 rings (SSSR count). The fourth-order valence-electron chi connectivity index (χ4n) is 2.35. The van der Waals surface area contributed by atoms with E-state index in [0.29, 0.717) is 34.0 Å². The van der Waals surface area contributed by atoms with Gasteiger partial charge in [0.2, 0.25) is 0 Å². The Labute approximate surface area is 166 Å². The molecule has 0 spiro atoms. The van der Waals surface area contributed by atoms with Gasteiger partial charge in [0.05, 0.1) is 16.0 Å². The van der Waals surface area contributed by atoms with E-state index in [1.54, 1.807) is 18.2 Å². The molecule has 0 atom stereocenters. The van der Waals surface area contributed by atoms with E-state index in [1.807, 2.05) is 13.8 Å². The molecule has 0 radical (unpaired) electrons. The Kier molecular flexibility index (Phi) is 7.61. The molecule has 1 fully saturated rings. The van der Waals surface area contributed by atoms with Crippen LogP contribution in [0.5, 0.6) is 11.5 Å². The van der Waals surface area contributed by atoms with Crippen LogP contribution in [-0.4, -0.2) is 35.8 Å². The number of terminal acetylenes is 1. The maximum Gasteiger partial charge on any atom is 0.293 e. The van der Waals surface area contributed by atoms with Crippen molar-refractivity contribution < 1.29 is 19.1 Å². The third kappa shape index (κ3) is 4.83. The highest BCUT2D eigenvalue weighted by Crippen LogP contribution is 2.39. The lowest BCUT2D eigenvalue weighted by Crippen LogP contribution is -2.29. The van der Waals surface area contributed by atoms with Crippen LogP contribution in [0.2, 0.25) is 0 Å². The lowest BCUT2D eigenvalue weighted by atomic mass is 10.1. The summed E-state index contributed by atoms with van der Waals surface area (Å²) in [5.41, 5.74) is 0.731. The average Bonchev–Trinajstić information content (AvgIpc) is 2.86. The fourth-order valence-corrected chi connectivity index (χ4v) is 3.79. The molecule has 0 bridgehead atoms. The smallest absolute Gasteiger partial charge is 0.293 e. The number of thioether (sulfide) groups is 1. The first-order valence-electron chi connectivity index (χ1n) is 8.29. The molecule has 0 N–H and O–H groups in total. The Morgan fingerprint density at radius 3 is 2.73 bits per heavy atom. The minimum absolute atomic E-state index is 0.119. The third-order valence-corrected chi connectivity index (χ3v) is 5.03. The van der Waals surface area contributed by atoms with Gasteiger partial charge in [0.25, 0.3) is 11.1 Å². The molecule has 2 amide bonds. The summed E-state index contributed by atoms with van der Waals surface area (Å²) in [5, 5.41) is -0.229. The van der Waals surface area contributed by atoms with E-state index in [9.17, 15) is 9.59 Å². The summed E-state index contributed by atoms with van der Waals surface area (Å²) >= 11 is 4.40. The molecule has 1 aromatic rings. The van der Waals surface area contributed by atoms with E-state index in [-0.39, 0.29) is 17.8 Å². The van der Waals surface area contributed by atoms with Gasteiger partial charge in [0, 0.05) is 6.54 Å². The van der Waals surface area contributed by atoms with Crippen molar-refractivity contribution in [2.45, 2.75) is 26.7 Å². The second-order valence-electron chi connectivity index (χ2n) is 5.44. The molecule has 0 saturated carbocycles. The minimum Gasteiger partial charge on any atom is -0.490 e. The van der Waals surface area contributed by atoms with Crippen molar-refractivity contribution in [3.8, 4) is 23.8 Å². The number of rotatable bonds is 8. The van der Waals surface area contributed by atoms with Gasteiger partial charge in [-0.2, -0.15) is 0 Å². The maximum atomic E-state index is 12.5. The normalized spacial score (nSPS) is 15.5. The van der Waals surface area contributed by atoms with Gasteiger partial charge in [-0.05, 0) is 64.8 Å². The average molecular weight is 438 g/mol. The number of benzene rings is 1. The summed E-state index contributed by atoms with van der Waals surface area (Å²) in [5.74, 6) is 3.20. The van der Waals surface area contributed by atoms with E-state index in [0.717, 1.165) is 30.2 Å². The van der Waals surface area contributed by atoms with Gasteiger partial charge in [-0.1, -0.05) is 19.3 Å². The van der Waals surface area contributed by atoms with Gasteiger partial charge in [-0.25, -0.2) is 0 Å². The maximum absolute atomic E-state index is 12.5. The second-order valence-corrected chi connectivity index (χ2v) is 7.29. The zero-order valence-electron chi connectivity index (χ0n) is 14.7. The molecule has 138 valence electrons. The summed E-state index contributed by atoms with van der Waals surface area (Å²) in [6, 6.07) is 3.56. The van der Waals surface area contributed by atoms with E-state index in [2.05, 4.69) is 21.9 Å². The molecule has 0 unspecified atom stereocenters. The zero-order chi connectivity index (χ0) is 19.1. The summed E-state index contributed by atoms with van der Waals surface area (Å²) in [4.78, 5) is 26.2. The van der Waals surface area contributed by atoms with Crippen LogP contribution in [0.3, 0.4) is 0 Å². The van der Waals surface area contributed by atoms with Gasteiger partial charge < -0.3 is 9.47 Å². The molecule has 1 aliphatic rings. The standard InChI is InChI=1S/C19H20BrNO4S/c1-4-7-8-21-18(22)16(26-19(21)23)12-13-10-14(20)17(25-9-5-2)15(11-13)24-6-3/h2,10-12H,4,6-9H2,1,3H3/b16-12-. The Hall–Kier alpha value is -1.91. The van der Waals surface area contributed by atoms with Crippen LogP contribution in [-0.2, 0) is 4.79 Å². The highest BCUT2D eigenvalue weighted by molar-refractivity contribution is 9.10. The predicted molar refractivity (Wildman–Crippen MR) is 107 cm³/mol. The van der Waals surface area contributed by atoms with Gasteiger partial charge in [0.15, 0.2) is 11.5 Å². The van der Waals surface area contributed by atoms with Crippen molar-refractivity contribution in [2.24, 2.45) is 0 Å². The van der Waals surface area contributed by atoms with Crippen molar-refractivity contribution in [3.05, 3.63) is 27.1 Å².